The van der Waals surface area contributed by atoms with Gasteiger partial charge in [-0.3, -0.25) is 8.98 Å². The van der Waals surface area contributed by atoms with Crippen molar-refractivity contribution in [2.75, 3.05) is 6.61 Å². The van der Waals surface area contributed by atoms with Gasteiger partial charge < -0.3 is 5.11 Å². The molecule has 0 bridgehead atoms. The van der Waals surface area contributed by atoms with Crippen molar-refractivity contribution in [2.24, 2.45) is 0 Å². The summed E-state index contributed by atoms with van der Waals surface area (Å²) in [6, 6.07) is 0. The first kappa shape index (κ1) is 16.0. The molecule has 0 saturated heterocycles. The lowest BCUT2D eigenvalue weighted by atomic mass is 10.2. The summed E-state index contributed by atoms with van der Waals surface area (Å²) < 4.78 is 84.0. The molecule has 0 heterocycles. The van der Waals surface area contributed by atoms with E-state index in [0.29, 0.717) is 0 Å². The summed E-state index contributed by atoms with van der Waals surface area (Å²) in [5.41, 5.74) is -5.80. The second kappa shape index (κ2) is 5.12. The molecule has 0 aliphatic heterocycles. The highest BCUT2D eigenvalue weighted by Crippen LogP contribution is 2.28. The third-order valence-corrected chi connectivity index (χ3v) is 2.41. The van der Waals surface area contributed by atoms with Crippen molar-refractivity contribution in [3.63, 3.8) is 0 Å². The van der Waals surface area contributed by atoms with Crippen LogP contribution < -0.4 is 0 Å². The van der Waals surface area contributed by atoms with Gasteiger partial charge >= 0.3 is 21.6 Å². The Morgan fingerprint density at radius 2 is 1.65 bits per heavy atom. The molecular formula is C6H7F5O5S. The predicted octanol–water partition coefficient (Wildman–Crippen LogP) is 1.35. The van der Waals surface area contributed by atoms with Gasteiger partial charge in [0.2, 0.25) is 0 Å². The van der Waals surface area contributed by atoms with Crippen LogP contribution in [0, 0.1) is 0 Å². The van der Waals surface area contributed by atoms with Crippen LogP contribution in [0.3, 0.4) is 0 Å². The van der Waals surface area contributed by atoms with E-state index in [1.54, 1.807) is 0 Å². The second-order valence-corrected chi connectivity index (χ2v) is 4.52. The first-order valence-electron chi connectivity index (χ1n) is 3.93. The van der Waals surface area contributed by atoms with E-state index in [1.165, 1.54) is 0 Å². The van der Waals surface area contributed by atoms with Gasteiger partial charge in [0, 0.05) is 6.42 Å². The molecule has 0 aromatic heterocycles. The number of rotatable bonds is 6. The van der Waals surface area contributed by atoms with E-state index in [-0.39, 0.29) is 0 Å². The molecule has 5 nitrogen and oxygen atoms in total. The Bertz CT molecular complexity index is 373. The Morgan fingerprint density at radius 3 is 2.00 bits per heavy atom. The fourth-order valence-corrected chi connectivity index (χ4v) is 1.05. The Morgan fingerprint density at radius 1 is 1.18 bits per heavy atom. The number of hydrogen-bond donors (Lipinski definition) is 1. The van der Waals surface area contributed by atoms with Crippen LogP contribution in [0.25, 0.3) is 0 Å². The number of carboxylic acid groups (broad SMARTS) is 1. The first-order chi connectivity index (χ1) is 7.37. The SMILES string of the molecule is O=C(O)CCC(F)(F)COS(=O)(=O)C(F)(F)F. The minimum atomic E-state index is -6.10. The van der Waals surface area contributed by atoms with Gasteiger partial charge in [-0.15, -0.1) is 0 Å². The molecule has 17 heavy (non-hydrogen) atoms. The zero-order valence-electron chi connectivity index (χ0n) is 8.00. The molecule has 0 aliphatic rings. The van der Waals surface area contributed by atoms with Crippen LogP contribution >= 0.6 is 0 Å². The van der Waals surface area contributed by atoms with Gasteiger partial charge in [0.05, 0.1) is 6.42 Å². The quantitative estimate of drug-likeness (QED) is 0.453. The Labute approximate surface area is 92.3 Å². The van der Waals surface area contributed by atoms with Crippen LogP contribution in [0.15, 0.2) is 0 Å². The van der Waals surface area contributed by atoms with Gasteiger partial charge in [0.15, 0.2) is 0 Å². The molecule has 0 rings (SSSR count). The van der Waals surface area contributed by atoms with Gasteiger partial charge in [-0.2, -0.15) is 21.6 Å². The lowest BCUT2D eigenvalue weighted by molar-refractivity contribution is -0.140. The number of carboxylic acids is 1. The smallest absolute Gasteiger partial charge is 0.481 e. The molecule has 0 atom stereocenters. The summed E-state index contributed by atoms with van der Waals surface area (Å²) in [5.74, 6) is -5.57. The van der Waals surface area contributed by atoms with Gasteiger partial charge in [0.1, 0.15) is 6.61 Å². The monoisotopic (exact) mass is 286 g/mol. The van der Waals surface area contributed by atoms with E-state index >= 15 is 0 Å². The third kappa shape index (κ3) is 5.77. The fourth-order valence-electron chi connectivity index (χ4n) is 0.593. The lowest BCUT2D eigenvalue weighted by Crippen LogP contribution is -2.32. The highest BCUT2D eigenvalue weighted by atomic mass is 32.2. The summed E-state index contributed by atoms with van der Waals surface area (Å²) in [7, 11) is -6.10. The highest BCUT2D eigenvalue weighted by Gasteiger charge is 2.49. The fraction of sp³-hybridized carbons (Fsp3) is 0.833. The third-order valence-electron chi connectivity index (χ3n) is 1.41. The molecule has 0 unspecified atom stereocenters. The maximum atomic E-state index is 12.7. The maximum absolute atomic E-state index is 12.7. The molecule has 0 saturated carbocycles. The molecule has 0 aliphatic carbocycles. The van der Waals surface area contributed by atoms with Crippen molar-refractivity contribution in [3.05, 3.63) is 0 Å². The second-order valence-electron chi connectivity index (χ2n) is 2.91. The molecule has 102 valence electrons. The van der Waals surface area contributed by atoms with E-state index < -0.39 is 47.0 Å². The average molecular weight is 286 g/mol. The summed E-state index contributed by atoms with van der Waals surface area (Å²) in [6.07, 6.45) is -2.35. The Balaban J connectivity index is 4.42. The number of carbonyl (C=O) groups is 1. The van der Waals surface area contributed by atoms with Crippen molar-refractivity contribution in [1.29, 1.82) is 0 Å². The lowest BCUT2D eigenvalue weighted by Gasteiger charge is -2.15. The Kier molecular flexibility index (Phi) is 4.83. The van der Waals surface area contributed by atoms with Crippen LogP contribution in [-0.2, 0) is 19.1 Å². The van der Waals surface area contributed by atoms with Gasteiger partial charge in [-0.05, 0) is 0 Å². The summed E-state index contributed by atoms with van der Waals surface area (Å²) >= 11 is 0. The summed E-state index contributed by atoms with van der Waals surface area (Å²) in [6.45, 7) is -2.05. The van der Waals surface area contributed by atoms with Crippen LogP contribution in [0.5, 0.6) is 0 Å². The van der Waals surface area contributed by atoms with Gasteiger partial charge in [-0.1, -0.05) is 0 Å². The average Bonchev–Trinajstić information content (AvgIpc) is 2.11. The number of aliphatic carboxylic acids is 1. The summed E-state index contributed by atoms with van der Waals surface area (Å²) in [5, 5.41) is 8.06. The van der Waals surface area contributed by atoms with Crippen molar-refractivity contribution in [1.82, 2.24) is 0 Å². The molecular weight excluding hydrogens is 279 g/mol. The van der Waals surface area contributed by atoms with Crippen molar-refractivity contribution in [2.45, 2.75) is 24.3 Å². The molecule has 11 heteroatoms. The summed E-state index contributed by atoms with van der Waals surface area (Å²) in [4.78, 5) is 9.93. The van der Waals surface area contributed by atoms with Crippen molar-refractivity contribution < 1.29 is 44.5 Å². The zero-order chi connectivity index (χ0) is 13.9. The van der Waals surface area contributed by atoms with E-state index in [4.69, 9.17) is 5.11 Å². The molecule has 0 aromatic carbocycles. The minimum Gasteiger partial charge on any atom is -0.481 e. The number of hydrogen-bond acceptors (Lipinski definition) is 4. The van der Waals surface area contributed by atoms with Crippen LogP contribution in [-0.4, -0.2) is 37.5 Å². The van der Waals surface area contributed by atoms with Crippen LogP contribution in [0.4, 0.5) is 22.0 Å². The van der Waals surface area contributed by atoms with Crippen molar-refractivity contribution >= 4 is 16.1 Å². The van der Waals surface area contributed by atoms with E-state index in [2.05, 4.69) is 4.18 Å². The molecule has 0 fully saturated rings. The topological polar surface area (TPSA) is 80.7 Å². The number of alkyl halides is 5. The molecule has 0 radical (unpaired) electrons. The highest BCUT2D eigenvalue weighted by molar-refractivity contribution is 7.87. The van der Waals surface area contributed by atoms with Gasteiger partial charge in [0.25, 0.3) is 5.92 Å². The van der Waals surface area contributed by atoms with E-state index in [0.717, 1.165) is 0 Å². The number of halogens is 5. The first-order valence-corrected chi connectivity index (χ1v) is 5.33. The molecule has 0 amide bonds. The van der Waals surface area contributed by atoms with E-state index in [9.17, 15) is 35.2 Å². The van der Waals surface area contributed by atoms with Gasteiger partial charge in [-0.25, -0.2) is 8.78 Å². The van der Waals surface area contributed by atoms with E-state index in [1.807, 2.05) is 0 Å². The minimum absolute atomic E-state index is 1.03. The largest absolute Gasteiger partial charge is 0.523 e. The zero-order valence-corrected chi connectivity index (χ0v) is 8.82. The maximum Gasteiger partial charge on any atom is 0.523 e. The standard InChI is InChI=1S/C6H7F5O5S/c7-5(8,2-1-4(12)13)3-16-17(14,15)6(9,10)11/h1-3H2,(H,12,13). The van der Waals surface area contributed by atoms with Crippen molar-refractivity contribution in [3.8, 4) is 0 Å². The predicted molar refractivity (Wildman–Crippen MR) is 42.7 cm³/mol. The van der Waals surface area contributed by atoms with Crippen LogP contribution in [0.2, 0.25) is 0 Å². The normalized spacial score (nSPS) is 13.7. The van der Waals surface area contributed by atoms with Crippen LogP contribution in [0.1, 0.15) is 12.8 Å². The molecule has 1 N–H and O–H groups in total. The Hall–Kier alpha value is -0.970. The molecule has 0 spiro atoms. The molecule has 0 aromatic rings.